The van der Waals surface area contributed by atoms with Gasteiger partial charge in [-0.2, -0.15) is 10.1 Å². The van der Waals surface area contributed by atoms with Gasteiger partial charge in [0.2, 0.25) is 5.89 Å². The lowest BCUT2D eigenvalue weighted by Gasteiger charge is -1.96. The standard InChI is InChI=1S/C11H16N4O/c1-8(2)6-10-12-11(16-14-10)7-15-5-4-9(3)13-15/h4-5,8H,6-7H2,1-3H3. The highest BCUT2D eigenvalue weighted by Crippen LogP contribution is 2.06. The summed E-state index contributed by atoms with van der Waals surface area (Å²) < 4.78 is 6.95. The average molecular weight is 220 g/mol. The Morgan fingerprint density at radius 3 is 2.88 bits per heavy atom. The highest BCUT2D eigenvalue weighted by Gasteiger charge is 2.08. The van der Waals surface area contributed by atoms with E-state index in [2.05, 4.69) is 29.1 Å². The molecular formula is C11H16N4O. The summed E-state index contributed by atoms with van der Waals surface area (Å²) in [5, 5.41) is 8.20. The molecule has 0 N–H and O–H groups in total. The number of hydrogen-bond acceptors (Lipinski definition) is 4. The van der Waals surface area contributed by atoms with Crippen LogP contribution in [0.2, 0.25) is 0 Å². The van der Waals surface area contributed by atoms with E-state index < -0.39 is 0 Å². The van der Waals surface area contributed by atoms with Gasteiger partial charge in [0, 0.05) is 12.6 Å². The van der Waals surface area contributed by atoms with Crippen LogP contribution in [0, 0.1) is 12.8 Å². The minimum Gasteiger partial charge on any atom is -0.337 e. The van der Waals surface area contributed by atoms with Crippen molar-refractivity contribution in [2.45, 2.75) is 33.7 Å². The number of hydrogen-bond donors (Lipinski definition) is 0. The van der Waals surface area contributed by atoms with Gasteiger partial charge in [0.1, 0.15) is 6.54 Å². The first kappa shape index (κ1) is 10.9. The predicted molar refractivity (Wildman–Crippen MR) is 58.9 cm³/mol. The Balaban J connectivity index is 2.02. The molecule has 0 aliphatic rings. The van der Waals surface area contributed by atoms with Crippen LogP contribution < -0.4 is 0 Å². The first-order chi connectivity index (χ1) is 7.63. The Hall–Kier alpha value is -1.65. The quantitative estimate of drug-likeness (QED) is 0.788. The number of nitrogens with zero attached hydrogens (tertiary/aromatic N) is 4. The maximum atomic E-state index is 5.16. The van der Waals surface area contributed by atoms with E-state index in [4.69, 9.17) is 4.52 Å². The highest BCUT2D eigenvalue weighted by molar-refractivity contribution is 4.96. The molecule has 0 bridgehead atoms. The van der Waals surface area contributed by atoms with E-state index in [1.807, 2.05) is 19.2 Å². The van der Waals surface area contributed by atoms with E-state index in [0.29, 0.717) is 18.4 Å². The molecule has 2 aromatic heterocycles. The zero-order chi connectivity index (χ0) is 11.5. The van der Waals surface area contributed by atoms with E-state index in [0.717, 1.165) is 17.9 Å². The molecule has 5 nitrogen and oxygen atoms in total. The zero-order valence-corrected chi connectivity index (χ0v) is 9.84. The monoisotopic (exact) mass is 220 g/mol. The zero-order valence-electron chi connectivity index (χ0n) is 9.84. The van der Waals surface area contributed by atoms with Crippen molar-refractivity contribution in [3.05, 3.63) is 29.7 Å². The lowest BCUT2D eigenvalue weighted by atomic mass is 10.1. The molecule has 5 heteroatoms. The van der Waals surface area contributed by atoms with Gasteiger partial charge in [0.25, 0.3) is 0 Å². The fourth-order valence-corrected chi connectivity index (χ4v) is 1.49. The largest absolute Gasteiger partial charge is 0.337 e. The molecule has 0 saturated heterocycles. The van der Waals surface area contributed by atoms with Crippen molar-refractivity contribution in [3.63, 3.8) is 0 Å². The summed E-state index contributed by atoms with van der Waals surface area (Å²) >= 11 is 0. The van der Waals surface area contributed by atoms with Crippen molar-refractivity contribution in [3.8, 4) is 0 Å². The van der Waals surface area contributed by atoms with Crippen LogP contribution in [-0.2, 0) is 13.0 Å². The van der Waals surface area contributed by atoms with Crippen LogP contribution in [0.15, 0.2) is 16.8 Å². The molecule has 2 rings (SSSR count). The summed E-state index contributed by atoms with van der Waals surface area (Å²) in [5.41, 5.74) is 0.988. The molecular weight excluding hydrogens is 204 g/mol. The van der Waals surface area contributed by atoms with E-state index >= 15 is 0 Å². The molecule has 0 radical (unpaired) electrons. The Bertz CT molecular complexity index is 458. The summed E-state index contributed by atoms with van der Waals surface area (Å²) in [6.45, 7) is 6.76. The second-order valence-corrected chi connectivity index (χ2v) is 4.36. The molecule has 0 amide bonds. The van der Waals surface area contributed by atoms with Crippen LogP contribution in [0.25, 0.3) is 0 Å². The molecule has 0 fully saturated rings. The fraction of sp³-hybridized carbons (Fsp3) is 0.545. The molecule has 2 aromatic rings. The van der Waals surface area contributed by atoms with Crippen LogP contribution in [0.4, 0.5) is 0 Å². The predicted octanol–water partition coefficient (Wildman–Crippen LogP) is 1.82. The van der Waals surface area contributed by atoms with E-state index in [1.54, 1.807) is 4.68 Å². The van der Waals surface area contributed by atoms with Crippen LogP contribution in [0.3, 0.4) is 0 Å². The van der Waals surface area contributed by atoms with Crippen LogP contribution in [-0.4, -0.2) is 19.9 Å². The Morgan fingerprint density at radius 2 is 2.25 bits per heavy atom. The second-order valence-electron chi connectivity index (χ2n) is 4.36. The van der Waals surface area contributed by atoms with E-state index in [1.165, 1.54) is 0 Å². The third kappa shape index (κ3) is 2.68. The molecule has 86 valence electrons. The summed E-state index contributed by atoms with van der Waals surface area (Å²) in [7, 11) is 0. The van der Waals surface area contributed by atoms with Gasteiger partial charge in [0.15, 0.2) is 5.82 Å². The van der Waals surface area contributed by atoms with Crippen molar-refractivity contribution in [1.82, 2.24) is 19.9 Å². The van der Waals surface area contributed by atoms with Gasteiger partial charge in [-0.25, -0.2) is 0 Å². The van der Waals surface area contributed by atoms with Crippen molar-refractivity contribution >= 4 is 0 Å². The minimum absolute atomic E-state index is 0.539. The number of rotatable bonds is 4. The normalized spacial score (nSPS) is 11.2. The first-order valence-corrected chi connectivity index (χ1v) is 5.45. The minimum atomic E-state index is 0.539. The second kappa shape index (κ2) is 4.47. The molecule has 0 aromatic carbocycles. The van der Waals surface area contributed by atoms with E-state index in [9.17, 15) is 0 Å². The van der Waals surface area contributed by atoms with Gasteiger partial charge in [-0.05, 0) is 18.9 Å². The molecule has 2 heterocycles. The van der Waals surface area contributed by atoms with E-state index in [-0.39, 0.29) is 0 Å². The van der Waals surface area contributed by atoms with Gasteiger partial charge < -0.3 is 4.52 Å². The average Bonchev–Trinajstić information content (AvgIpc) is 2.76. The third-order valence-corrected chi connectivity index (χ3v) is 2.17. The molecule has 0 aliphatic carbocycles. The summed E-state index contributed by atoms with van der Waals surface area (Å²) in [6.07, 6.45) is 2.75. The number of aryl methyl sites for hydroxylation is 1. The molecule has 0 unspecified atom stereocenters. The smallest absolute Gasteiger partial charge is 0.248 e. The van der Waals surface area contributed by atoms with Gasteiger partial charge in [-0.1, -0.05) is 19.0 Å². The maximum Gasteiger partial charge on any atom is 0.248 e. The molecule has 0 spiro atoms. The van der Waals surface area contributed by atoms with Gasteiger partial charge in [0.05, 0.1) is 5.69 Å². The Morgan fingerprint density at radius 1 is 1.44 bits per heavy atom. The molecule has 0 saturated carbocycles. The third-order valence-electron chi connectivity index (χ3n) is 2.17. The highest BCUT2D eigenvalue weighted by atomic mass is 16.5. The maximum absolute atomic E-state index is 5.16. The van der Waals surface area contributed by atoms with Crippen molar-refractivity contribution in [2.24, 2.45) is 5.92 Å². The Labute approximate surface area is 94.5 Å². The molecule has 0 aliphatic heterocycles. The van der Waals surface area contributed by atoms with Crippen LogP contribution in [0.1, 0.15) is 31.3 Å². The van der Waals surface area contributed by atoms with Gasteiger partial charge in [-0.15, -0.1) is 0 Å². The summed E-state index contributed by atoms with van der Waals surface area (Å²) in [5.74, 6) is 1.92. The van der Waals surface area contributed by atoms with Crippen molar-refractivity contribution in [2.75, 3.05) is 0 Å². The first-order valence-electron chi connectivity index (χ1n) is 5.45. The fourth-order valence-electron chi connectivity index (χ4n) is 1.49. The molecule has 0 atom stereocenters. The van der Waals surface area contributed by atoms with Crippen LogP contribution >= 0.6 is 0 Å². The summed E-state index contributed by atoms with van der Waals surface area (Å²) in [4.78, 5) is 4.32. The lowest BCUT2D eigenvalue weighted by molar-refractivity contribution is 0.359. The van der Waals surface area contributed by atoms with Gasteiger partial charge in [-0.3, -0.25) is 4.68 Å². The van der Waals surface area contributed by atoms with Crippen molar-refractivity contribution in [1.29, 1.82) is 0 Å². The topological polar surface area (TPSA) is 56.7 Å². The SMILES string of the molecule is Cc1ccn(Cc2nc(CC(C)C)no2)n1. The lowest BCUT2D eigenvalue weighted by Crippen LogP contribution is -2.01. The summed E-state index contributed by atoms with van der Waals surface area (Å²) in [6, 6.07) is 1.95. The molecule has 16 heavy (non-hydrogen) atoms. The Kier molecular flexibility index (Phi) is 3.03. The van der Waals surface area contributed by atoms with Crippen molar-refractivity contribution < 1.29 is 4.52 Å². The number of aromatic nitrogens is 4. The van der Waals surface area contributed by atoms with Crippen LogP contribution in [0.5, 0.6) is 0 Å². The van der Waals surface area contributed by atoms with Gasteiger partial charge >= 0.3 is 0 Å².